The Morgan fingerprint density at radius 3 is 2.87 bits per heavy atom. The molecule has 0 spiro atoms. The van der Waals surface area contributed by atoms with Gasteiger partial charge in [0.05, 0.1) is 17.0 Å². The standard InChI is InChI=1S/C22H18FN5OS2/c23-14-1-3-15(4-2-14)30-19-9-25-6-5-16(19)20-10-26-22(31-20)21(29)27-17-7-13-8-18(17)28(11-13)12-24/h1-6,9-10,13,17-18H,7-8,11H2,(H,27,29). The summed E-state index contributed by atoms with van der Waals surface area (Å²) in [5, 5.41) is 12.7. The fourth-order valence-corrected chi connectivity index (χ4v) is 6.17. The average Bonchev–Trinajstić information content (AvgIpc) is 3.51. The molecule has 2 aromatic heterocycles. The fourth-order valence-electron chi connectivity index (χ4n) is 4.32. The Labute approximate surface area is 187 Å². The molecule has 5 rings (SSSR count). The molecule has 2 bridgehead atoms. The van der Waals surface area contributed by atoms with Crippen LogP contribution in [0.5, 0.6) is 0 Å². The predicted octanol–water partition coefficient (Wildman–Crippen LogP) is 4.17. The molecule has 6 nitrogen and oxygen atoms in total. The molecule has 1 saturated carbocycles. The molecule has 2 aliphatic rings. The number of piperidine rings is 1. The average molecular weight is 452 g/mol. The van der Waals surface area contributed by atoms with Gasteiger partial charge in [-0.05, 0) is 49.1 Å². The molecule has 3 unspecified atom stereocenters. The zero-order chi connectivity index (χ0) is 21.4. The number of aromatic nitrogens is 2. The first-order valence-electron chi connectivity index (χ1n) is 9.91. The van der Waals surface area contributed by atoms with E-state index in [2.05, 4.69) is 21.5 Å². The van der Waals surface area contributed by atoms with Gasteiger partial charge in [0.25, 0.3) is 5.91 Å². The van der Waals surface area contributed by atoms with Gasteiger partial charge in [0.2, 0.25) is 0 Å². The molecular weight excluding hydrogens is 433 g/mol. The first kappa shape index (κ1) is 20.0. The number of nitrogens with zero attached hydrogens (tertiary/aromatic N) is 4. The third kappa shape index (κ3) is 4.01. The summed E-state index contributed by atoms with van der Waals surface area (Å²) in [6, 6.07) is 8.28. The number of thiazole rings is 1. The molecule has 2 fully saturated rings. The Balaban J connectivity index is 1.32. The first-order valence-corrected chi connectivity index (χ1v) is 11.5. The summed E-state index contributed by atoms with van der Waals surface area (Å²) in [6.45, 7) is 0.797. The number of hydrogen-bond acceptors (Lipinski definition) is 7. The number of amides is 1. The van der Waals surface area contributed by atoms with Gasteiger partial charge in [-0.1, -0.05) is 11.8 Å². The van der Waals surface area contributed by atoms with Crippen molar-refractivity contribution in [1.82, 2.24) is 20.2 Å². The van der Waals surface area contributed by atoms with E-state index in [1.54, 1.807) is 35.6 Å². The van der Waals surface area contributed by atoms with Gasteiger partial charge < -0.3 is 10.2 Å². The molecule has 1 saturated heterocycles. The van der Waals surface area contributed by atoms with Crippen molar-refractivity contribution < 1.29 is 9.18 Å². The number of rotatable bonds is 5. The van der Waals surface area contributed by atoms with Crippen LogP contribution in [0, 0.1) is 23.2 Å². The first-order chi connectivity index (χ1) is 15.1. The molecule has 1 N–H and O–H groups in total. The lowest BCUT2D eigenvalue weighted by atomic mass is 10.1. The normalized spacial score (nSPS) is 21.8. The molecule has 1 aromatic carbocycles. The van der Waals surface area contributed by atoms with Crippen molar-refractivity contribution in [3.05, 3.63) is 59.7 Å². The van der Waals surface area contributed by atoms with E-state index in [1.807, 2.05) is 6.07 Å². The van der Waals surface area contributed by atoms with Gasteiger partial charge in [-0.25, -0.2) is 9.37 Å². The molecule has 1 amide bonds. The Hall–Kier alpha value is -2.96. The smallest absolute Gasteiger partial charge is 0.280 e. The van der Waals surface area contributed by atoms with Crippen molar-refractivity contribution in [2.24, 2.45) is 5.92 Å². The van der Waals surface area contributed by atoms with Crippen LogP contribution in [0.2, 0.25) is 0 Å². The van der Waals surface area contributed by atoms with Crippen molar-refractivity contribution in [2.75, 3.05) is 6.54 Å². The second-order valence-corrected chi connectivity index (χ2v) is 9.84. The van der Waals surface area contributed by atoms with Crippen LogP contribution in [0.3, 0.4) is 0 Å². The molecular formula is C22H18FN5OS2. The number of pyridine rings is 1. The third-order valence-electron chi connectivity index (χ3n) is 5.72. The topological polar surface area (TPSA) is 81.9 Å². The number of hydrogen-bond donors (Lipinski definition) is 1. The Bertz CT molecular complexity index is 1160. The molecule has 9 heteroatoms. The summed E-state index contributed by atoms with van der Waals surface area (Å²) in [7, 11) is 0. The van der Waals surface area contributed by atoms with E-state index in [9.17, 15) is 14.4 Å². The second-order valence-electron chi connectivity index (χ2n) is 7.69. The molecule has 0 radical (unpaired) electrons. The Morgan fingerprint density at radius 2 is 2.10 bits per heavy atom. The lowest BCUT2D eigenvalue weighted by Crippen LogP contribution is -2.48. The molecule has 3 aromatic rings. The molecule has 31 heavy (non-hydrogen) atoms. The van der Waals surface area contributed by atoms with E-state index in [4.69, 9.17) is 0 Å². The zero-order valence-electron chi connectivity index (χ0n) is 16.4. The van der Waals surface area contributed by atoms with E-state index in [-0.39, 0.29) is 23.8 Å². The number of benzene rings is 1. The monoisotopic (exact) mass is 451 g/mol. The SMILES string of the molecule is N#CN1CC2CC(NC(=O)c3ncc(-c4ccncc4Sc4ccc(F)cc4)s3)C1C2. The third-order valence-corrected chi connectivity index (χ3v) is 7.80. The maximum absolute atomic E-state index is 13.2. The summed E-state index contributed by atoms with van der Waals surface area (Å²) >= 11 is 2.81. The number of nitrogens with one attached hydrogen (secondary N) is 1. The quantitative estimate of drug-likeness (QED) is 0.587. The van der Waals surface area contributed by atoms with Crippen molar-refractivity contribution >= 4 is 29.0 Å². The van der Waals surface area contributed by atoms with Crippen LogP contribution >= 0.6 is 23.1 Å². The zero-order valence-corrected chi connectivity index (χ0v) is 18.0. The van der Waals surface area contributed by atoms with Gasteiger partial charge in [0.15, 0.2) is 11.2 Å². The van der Waals surface area contributed by atoms with Gasteiger partial charge in [0, 0.05) is 40.5 Å². The van der Waals surface area contributed by atoms with Crippen LogP contribution in [0.4, 0.5) is 4.39 Å². The molecule has 3 heterocycles. The lowest BCUT2D eigenvalue weighted by molar-refractivity contribution is 0.0912. The van der Waals surface area contributed by atoms with Gasteiger partial charge in [-0.3, -0.25) is 9.78 Å². The highest BCUT2D eigenvalue weighted by Crippen LogP contribution is 2.39. The number of halogens is 1. The summed E-state index contributed by atoms with van der Waals surface area (Å²) in [4.78, 5) is 25.8. The van der Waals surface area contributed by atoms with Crippen molar-refractivity contribution in [2.45, 2.75) is 34.7 Å². The molecule has 156 valence electrons. The van der Waals surface area contributed by atoms with Crippen LogP contribution in [0.1, 0.15) is 22.6 Å². The van der Waals surface area contributed by atoms with Crippen LogP contribution in [-0.4, -0.2) is 39.4 Å². The van der Waals surface area contributed by atoms with E-state index in [1.165, 1.54) is 35.2 Å². The summed E-state index contributed by atoms with van der Waals surface area (Å²) in [5.41, 5.74) is 0.927. The van der Waals surface area contributed by atoms with E-state index in [0.29, 0.717) is 10.9 Å². The minimum Gasteiger partial charge on any atom is -0.345 e. The highest BCUT2D eigenvalue weighted by molar-refractivity contribution is 7.99. The largest absolute Gasteiger partial charge is 0.345 e. The van der Waals surface area contributed by atoms with Crippen LogP contribution in [-0.2, 0) is 0 Å². The number of carbonyl (C=O) groups is 1. The number of likely N-dealkylation sites (tertiary alicyclic amines) is 1. The Morgan fingerprint density at radius 1 is 1.26 bits per heavy atom. The number of nitriles is 1. The van der Waals surface area contributed by atoms with Crippen molar-refractivity contribution in [1.29, 1.82) is 5.26 Å². The number of carbonyl (C=O) groups excluding carboxylic acids is 1. The molecule has 3 atom stereocenters. The van der Waals surface area contributed by atoms with Gasteiger partial charge >= 0.3 is 0 Å². The van der Waals surface area contributed by atoms with Gasteiger partial charge in [-0.2, -0.15) is 5.26 Å². The highest BCUT2D eigenvalue weighted by Gasteiger charge is 2.45. The second kappa shape index (κ2) is 8.29. The summed E-state index contributed by atoms with van der Waals surface area (Å²) < 4.78 is 13.2. The van der Waals surface area contributed by atoms with Crippen molar-refractivity contribution in [3.8, 4) is 16.6 Å². The summed E-state index contributed by atoms with van der Waals surface area (Å²) in [5.74, 6) is 0.000369. The predicted molar refractivity (Wildman–Crippen MR) is 116 cm³/mol. The maximum Gasteiger partial charge on any atom is 0.280 e. The Kier molecular flexibility index (Phi) is 5.34. The maximum atomic E-state index is 13.2. The van der Waals surface area contributed by atoms with Gasteiger partial charge in [0.1, 0.15) is 5.82 Å². The lowest BCUT2D eigenvalue weighted by Gasteiger charge is -2.29. The van der Waals surface area contributed by atoms with E-state index in [0.717, 1.165) is 39.6 Å². The minimum atomic E-state index is -0.276. The van der Waals surface area contributed by atoms with E-state index < -0.39 is 0 Å². The van der Waals surface area contributed by atoms with E-state index >= 15 is 0 Å². The van der Waals surface area contributed by atoms with Crippen LogP contribution in [0.15, 0.2) is 58.7 Å². The number of fused-ring (bicyclic) bond motifs is 2. The van der Waals surface area contributed by atoms with Crippen LogP contribution < -0.4 is 5.32 Å². The minimum absolute atomic E-state index is 0.0104. The van der Waals surface area contributed by atoms with Gasteiger partial charge in [-0.15, -0.1) is 11.3 Å². The molecule has 1 aliphatic heterocycles. The fraction of sp³-hybridized carbons (Fsp3) is 0.273. The van der Waals surface area contributed by atoms with Crippen LogP contribution in [0.25, 0.3) is 10.4 Å². The summed E-state index contributed by atoms with van der Waals surface area (Å²) in [6.07, 6.45) is 9.27. The highest BCUT2D eigenvalue weighted by atomic mass is 32.2. The molecule has 1 aliphatic carbocycles. The van der Waals surface area contributed by atoms with Crippen molar-refractivity contribution in [3.63, 3.8) is 0 Å².